The summed E-state index contributed by atoms with van der Waals surface area (Å²) in [6.45, 7) is 5.71. The molecule has 0 unspecified atom stereocenters. The highest BCUT2D eigenvalue weighted by Crippen LogP contribution is 2.19. The molecule has 1 N–H and O–H groups in total. The molecular weight excluding hydrogens is 344 g/mol. The summed E-state index contributed by atoms with van der Waals surface area (Å²) < 4.78 is 12.8. The molecule has 1 aliphatic heterocycles. The Morgan fingerprint density at radius 2 is 2.11 bits per heavy atom. The molecule has 0 spiro atoms. The van der Waals surface area contributed by atoms with E-state index in [-0.39, 0.29) is 23.8 Å². The summed E-state index contributed by atoms with van der Waals surface area (Å²) in [5, 5.41) is 11.5. The number of aryl methyl sites for hydroxylation is 1. The minimum Gasteiger partial charge on any atom is -0.497 e. The molecule has 2 heterocycles. The number of aromatic nitrogens is 3. The number of nitrogens with zero attached hydrogens (tertiary/aromatic N) is 3. The number of ether oxygens (including phenoxy) is 2. The maximum absolute atomic E-state index is 13.0. The van der Waals surface area contributed by atoms with E-state index in [1.807, 2.05) is 30.5 Å². The average molecular weight is 372 g/mol. The Morgan fingerprint density at radius 1 is 1.33 bits per heavy atom. The number of hydrogen-bond donors (Lipinski definition) is 1. The number of benzene rings is 1. The second-order valence-electron chi connectivity index (χ2n) is 7.38. The molecule has 0 radical (unpaired) electrons. The Morgan fingerprint density at radius 3 is 2.81 bits per heavy atom. The predicted molar refractivity (Wildman–Crippen MR) is 101 cm³/mol. The van der Waals surface area contributed by atoms with Crippen LogP contribution in [0.25, 0.3) is 0 Å². The second-order valence-corrected chi connectivity index (χ2v) is 7.38. The molecule has 0 saturated heterocycles. The first kappa shape index (κ1) is 19.4. The number of hydrogen-bond acceptors (Lipinski definition) is 5. The van der Waals surface area contributed by atoms with Gasteiger partial charge in [0, 0.05) is 12.5 Å². The first-order valence-corrected chi connectivity index (χ1v) is 9.45. The Balaban J connectivity index is 1.78. The van der Waals surface area contributed by atoms with Crippen LogP contribution in [0.2, 0.25) is 0 Å². The quantitative estimate of drug-likeness (QED) is 0.890. The molecule has 3 rings (SSSR count). The van der Waals surface area contributed by atoms with E-state index < -0.39 is 0 Å². The van der Waals surface area contributed by atoms with Gasteiger partial charge in [-0.2, -0.15) is 0 Å². The van der Waals surface area contributed by atoms with Crippen molar-refractivity contribution in [2.75, 3.05) is 13.7 Å². The highest BCUT2D eigenvalue weighted by Gasteiger charge is 2.24. The normalized spacial score (nSPS) is 21.3. The van der Waals surface area contributed by atoms with E-state index in [4.69, 9.17) is 9.47 Å². The Kier molecular flexibility index (Phi) is 6.45. The van der Waals surface area contributed by atoms with Crippen LogP contribution in [0, 0.1) is 11.8 Å². The van der Waals surface area contributed by atoms with Crippen LogP contribution in [0.15, 0.2) is 30.5 Å². The molecule has 0 fully saturated rings. The van der Waals surface area contributed by atoms with Crippen LogP contribution in [0.5, 0.6) is 5.75 Å². The Bertz CT molecular complexity index is 742. The third-order valence-corrected chi connectivity index (χ3v) is 4.98. The molecule has 2 aromatic rings. The zero-order valence-electron chi connectivity index (χ0n) is 16.2. The molecule has 7 nitrogen and oxygen atoms in total. The Hall–Kier alpha value is -2.41. The second kappa shape index (κ2) is 8.99. The fourth-order valence-electron chi connectivity index (χ4n) is 3.17. The lowest BCUT2D eigenvalue weighted by atomic mass is 9.94. The van der Waals surface area contributed by atoms with Gasteiger partial charge in [0.05, 0.1) is 32.6 Å². The van der Waals surface area contributed by atoms with E-state index in [2.05, 4.69) is 29.5 Å². The third-order valence-electron chi connectivity index (χ3n) is 4.98. The summed E-state index contributed by atoms with van der Waals surface area (Å²) >= 11 is 0. The van der Waals surface area contributed by atoms with Gasteiger partial charge < -0.3 is 14.8 Å². The van der Waals surface area contributed by atoms with Crippen molar-refractivity contribution in [2.24, 2.45) is 11.8 Å². The zero-order chi connectivity index (χ0) is 19.2. The van der Waals surface area contributed by atoms with Crippen LogP contribution in [0.1, 0.15) is 31.5 Å². The maximum Gasteiger partial charge on any atom is 0.223 e. The molecule has 1 aromatic carbocycles. The molecule has 2 bridgehead atoms. The number of fused-ring (bicyclic) bond motifs is 2. The number of methoxy groups -OCH3 is 1. The fraction of sp³-hybridized carbons (Fsp3) is 0.550. The van der Waals surface area contributed by atoms with Crippen LogP contribution < -0.4 is 10.1 Å². The zero-order valence-corrected chi connectivity index (χ0v) is 16.2. The smallest absolute Gasteiger partial charge is 0.223 e. The van der Waals surface area contributed by atoms with Crippen molar-refractivity contribution in [1.29, 1.82) is 0 Å². The minimum absolute atomic E-state index is 0.0228. The van der Waals surface area contributed by atoms with Crippen LogP contribution in [0.4, 0.5) is 0 Å². The minimum atomic E-state index is -0.147. The molecule has 2 atom stereocenters. The van der Waals surface area contributed by atoms with Crippen LogP contribution in [0.3, 0.4) is 0 Å². The number of carbonyl (C=O) groups excluding carboxylic acids is 1. The maximum atomic E-state index is 13.0. The van der Waals surface area contributed by atoms with E-state index >= 15 is 0 Å². The van der Waals surface area contributed by atoms with Crippen molar-refractivity contribution >= 4 is 5.91 Å². The molecular formula is C20H28N4O3. The lowest BCUT2D eigenvalue weighted by Crippen LogP contribution is -2.45. The van der Waals surface area contributed by atoms with E-state index in [1.165, 1.54) is 0 Å². The van der Waals surface area contributed by atoms with Gasteiger partial charge in [0.25, 0.3) is 0 Å². The summed E-state index contributed by atoms with van der Waals surface area (Å²) in [4.78, 5) is 13.0. The topological polar surface area (TPSA) is 78.3 Å². The van der Waals surface area contributed by atoms with E-state index in [0.29, 0.717) is 32.6 Å². The van der Waals surface area contributed by atoms with E-state index in [1.54, 1.807) is 11.8 Å². The van der Waals surface area contributed by atoms with Crippen molar-refractivity contribution in [1.82, 2.24) is 20.3 Å². The van der Waals surface area contributed by atoms with Gasteiger partial charge in [-0.15, -0.1) is 5.10 Å². The fourth-order valence-corrected chi connectivity index (χ4v) is 3.17. The van der Waals surface area contributed by atoms with Crippen LogP contribution in [-0.2, 0) is 29.1 Å². The molecule has 146 valence electrons. The van der Waals surface area contributed by atoms with Crippen molar-refractivity contribution in [3.8, 4) is 5.75 Å². The molecule has 0 aliphatic carbocycles. The predicted octanol–water partition coefficient (Wildman–Crippen LogP) is 2.21. The summed E-state index contributed by atoms with van der Waals surface area (Å²) in [6, 6.07) is 7.86. The molecule has 27 heavy (non-hydrogen) atoms. The van der Waals surface area contributed by atoms with Crippen LogP contribution in [-0.4, -0.2) is 40.7 Å². The number of amides is 1. The molecule has 1 aromatic heterocycles. The first-order chi connectivity index (χ1) is 13.0. The van der Waals surface area contributed by atoms with E-state index in [0.717, 1.165) is 17.0 Å². The molecule has 1 amide bonds. The summed E-state index contributed by atoms with van der Waals surface area (Å²) in [5.41, 5.74) is 1.93. The highest BCUT2D eigenvalue weighted by atomic mass is 16.5. The molecule has 7 heteroatoms. The van der Waals surface area contributed by atoms with Gasteiger partial charge in [-0.05, 0) is 36.5 Å². The van der Waals surface area contributed by atoms with Crippen molar-refractivity contribution in [3.63, 3.8) is 0 Å². The van der Waals surface area contributed by atoms with Gasteiger partial charge in [0.15, 0.2) is 0 Å². The number of rotatable bonds is 4. The summed E-state index contributed by atoms with van der Waals surface area (Å²) in [7, 11) is 1.65. The van der Waals surface area contributed by atoms with E-state index in [9.17, 15) is 4.79 Å². The lowest BCUT2D eigenvalue weighted by Gasteiger charge is -2.26. The van der Waals surface area contributed by atoms with Gasteiger partial charge in [-0.25, -0.2) is 0 Å². The number of carbonyl (C=O) groups is 1. The average Bonchev–Trinajstić information content (AvgIpc) is 3.11. The summed E-state index contributed by atoms with van der Waals surface area (Å²) in [6.07, 6.45) is 3.27. The van der Waals surface area contributed by atoms with Gasteiger partial charge >= 0.3 is 0 Å². The molecule has 0 saturated carbocycles. The third kappa shape index (κ3) is 5.29. The monoisotopic (exact) mass is 372 g/mol. The standard InChI is InChI=1S/C20H28N4O3/c1-14(2)19-13-27-12-17-11-24(23-22-17)9-8-16(20(25)21-19)10-15-4-6-18(26-3)7-5-15/h4-7,11,14,16,19H,8-10,12-13H2,1-3H3,(H,21,25)/t16-,19-/m0/s1. The van der Waals surface area contributed by atoms with Crippen LogP contribution >= 0.6 is 0 Å². The largest absolute Gasteiger partial charge is 0.497 e. The highest BCUT2D eigenvalue weighted by molar-refractivity contribution is 5.79. The molecule has 1 aliphatic rings. The van der Waals surface area contributed by atoms with Crippen molar-refractivity contribution in [2.45, 2.75) is 45.9 Å². The van der Waals surface area contributed by atoms with Gasteiger partial charge in [-0.1, -0.05) is 31.2 Å². The SMILES string of the molecule is COc1ccc(C[C@@H]2CCn3cc(nn3)COC[C@@H](C(C)C)NC2=O)cc1. The van der Waals surface area contributed by atoms with Gasteiger partial charge in [0.2, 0.25) is 5.91 Å². The Labute approximate surface area is 160 Å². The number of nitrogens with one attached hydrogen (secondary N) is 1. The van der Waals surface area contributed by atoms with Gasteiger partial charge in [-0.3, -0.25) is 9.48 Å². The summed E-state index contributed by atoms with van der Waals surface area (Å²) in [5.74, 6) is 1.02. The van der Waals surface area contributed by atoms with Crippen molar-refractivity contribution in [3.05, 3.63) is 41.7 Å². The lowest BCUT2D eigenvalue weighted by molar-refractivity contribution is -0.127. The van der Waals surface area contributed by atoms with Crippen molar-refractivity contribution < 1.29 is 14.3 Å². The first-order valence-electron chi connectivity index (χ1n) is 9.45. The van der Waals surface area contributed by atoms with Gasteiger partial charge in [0.1, 0.15) is 11.4 Å².